The minimum atomic E-state index is -4.69. The molecule has 0 aliphatic carbocycles. The van der Waals surface area contributed by atoms with E-state index in [0.717, 1.165) is 4.68 Å². The number of alkyl halides is 3. The highest BCUT2D eigenvalue weighted by atomic mass is 35.5. The van der Waals surface area contributed by atoms with Crippen LogP contribution in [0.15, 0.2) is 28.1 Å². The van der Waals surface area contributed by atoms with E-state index in [-0.39, 0.29) is 26.9 Å². The van der Waals surface area contributed by atoms with Gasteiger partial charge in [0.1, 0.15) is 6.54 Å². The maximum atomic E-state index is 12.7. The number of aryl methyl sites for hydroxylation is 1. The van der Waals surface area contributed by atoms with Gasteiger partial charge in [0.15, 0.2) is 17.2 Å². The molecule has 0 radical (unpaired) electrons. The van der Waals surface area contributed by atoms with Crippen molar-refractivity contribution < 1.29 is 27.4 Å². The third-order valence-electron chi connectivity index (χ3n) is 4.04. The van der Waals surface area contributed by atoms with Gasteiger partial charge in [0, 0.05) is 7.05 Å². The van der Waals surface area contributed by atoms with Crippen LogP contribution < -0.4 is 32.0 Å². The number of hydrazone groups is 1. The molecule has 0 atom stereocenters. The lowest BCUT2D eigenvalue weighted by Crippen LogP contribution is -2.52. The second-order valence-electron chi connectivity index (χ2n) is 6.19. The molecular weight excluding hydrogens is 459 g/mol. The third-order valence-corrected chi connectivity index (χ3v) is 4.41. The summed E-state index contributed by atoms with van der Waals surface area (Å²) in [6.45, 7) is -1.64. The Labute approximate surface area is 184 Å². The molecule has 1 aromatic heterocycles. The second kappa shape index (κ2) is 9.74. The minimum absolute atomic E-state index is 0.0863. The van der Waals surface area contributed by atoms with Crippen molar-refractivity contribution >= 4 is 23.5 Å². The average molecular weight is 478 g/mol. The maximum absolute atomic E-state index is 12.7. The van der Waals surface area contributed by atoms with Crippen molar-refractivity contribution in [3.05, 3.63) is 39.3 Å². The summed E-state index contributed by atoms with van der Waals surface area (Å²) in [6.07, 6.45) is -4.69. The van der Waals surface area contributed by atoms with Gasteiger partial charge in [-0.2, -0.15) is 18.3 Å². The Morgan fingerprint density at radius 2 is 1.94 bits per heavy atom. The fourth-order valence-corrected chi connectivity index (χ4v) is 2.92. The number of aromatic nitrogens is 2. The Morgan fingerprint density at radius 3 is 2.47 bits per heavy atom. The zero-order valence-electron chi connectivity index (χ0n) is 17.0. The number of nitrogens with zero attached hydrogens (tertiary/aromatic N) is 4. The first-order valence-electron chi connectivity index (χ1n) is 8.60. The Bertz CT molecular complexity index is 1100. The van der Waals surface area contributed by atoms with Crippen LogP contribution in [0.4, 0.5) is 13.2 Å². The molecule has 2 rings (SSSR count). The van der Waals surface area contributed by atoms with Crippen LogP contribution in [0.5, 0.6) is 11.5 Å². The number of guanidine groups is 1. The van der Waals surface area contributed by atoms with Gasteiger partial charge < -0.3 is 15.3 Å². The third kappa shape index (κ3) is 5.39. The number of carbonyl (C=O) groups is 1. The molecule has 0 saturated carbocycles. The van der Waals surface area contributed by atoms with Gasteiger partial charge in [0.25, 0.3) is 11.5 Å². The van der Waals surface area contributed by atoms with Crippen molar-refractivity contribution in [3.63, 3.8) is 0 Å². The molecule has 0 saturated heterocycles. The summed E-state index contributed by atoms with van der Waals surface area (Å²) in [5, 5.41) is 8.54. The van der Waals surface area contributed by atoms with Gasteiger partial charge in [-0.3, -0.25) is 19.9 Å². The number of methoxy groups -OCH3 is 2. The van der Waals surface area contributed by atoms with Crippen LogP contribution in [-0.2, 0) is 7.05 Å². The van der Waals surface area contributed by atoms with Gasteiger partial charge in [-0.1, -0.05) is 17.7 Å². The molecule has 0 aliphatic rings. The van der Waals surface area contributed by atoms with E-state index in [2.05, 4.69) is 10.2 Å². The lowest BCUT2D eigenvalue weighted by Gasteiger charge is -2.21. The molecule has 32 heavy (non-hydrogen) atoms. The molecule has 2 aromatic rings. The molecule has 1 aromatic carbocycles. The van der Waals surface area contributed by atoms with Crippen LogP contribution in [0.1, 0.15) is 10.5 Å². The van der Waals surface area contributed by atoms with Crippen LogP contribution in [-0.4, -0.2) is 53.6 Å². The average Bonchev–Trinajstić information content (AvgIpc) is 2.72. The van der Waals surface area contributed by atoms with E-state index in [4.69, 9.17) is 32.8 Å². The number of hydrogen-bond acceptors (Lipinski definition) is 8. The Morgan fingerprint density at radius 1 is 1.31 bits per heavy atom. The van der Waals surface area contributed by atoms with Gasteiger partial charge in [-0.05, 0) is 17.7 Å². The Kier molecular flexibility index (Phi) is 7.53. The lowest BCUT2D eigenvalue weighted by atomic mass is 10.1. The van der Waals surface area contributed by atoms with Crippen LogP contribution in [0.2, 0.25) is 5.02 Å². The monoisotopic (exact) mass is 477 g/mol. The van der Waals surface area contributed by atoms with E-state index in [1.807, 2.05) is 5.32 Å². The molecule has 0 bridgehead atoms. The van der Waals surface area contributed by atoms with Crippen molar-refractivity contribution in [3.8, 4) is 22.6 Å². The topological polar surface area (TPSA) is 150 Å². The van der Waals surface area contributed by atoms with Crippen LogP contribution in [0.3, 0.4) is 0 Å². The molecule has 1 heterocycles. The smallest absolute Gasteiger partial charge is 0.407 e. The first-order chi connectivity index (χ1) is 14.9. The SMILES string of the molecule is COc1ccc(-c2c(Cl)c(C(=O)NC(=NN)N(N)CC(F)(F)F)nn(C)c2=O)cc1OC. The quantitative estimate of drug-likeness (QED) is 0.248. The molecule has 0 spiro atoms. The number of carbonyl (C=O) groups excluding carboxylic acids is 1. The van der Waals surface area contributed by atoms with E-state index in [1.165, 1.54) is 39.5 Å². The predicted molar refractivity (Wildman–Crippen MR) is 109 cm³/mol. The summed E-state index contributed by atoms with van der Waals surface area (Å²) in [4.78, 5) is 25.3. The normalized spacial score (nSPS) is 11.8. The van der Waals surface area contributed by atoms with Crippen molar-refractivity contribution in [1.82, 2.24) is 20.1 Å². The second-order valence-corrected chi connectivity index (χ2v) is 6.56. The number of ether oxygens (including phenoxy) is 2. The van der Waals surface area contributed by atoms with E-state index in [0.29, 0.717) is 5.75 Å². The Hall–Kier alpha value is -3.52. The highest BCUT2D eigenvalue weighted by Gasteiger charge is 2.32. The summed E-state index contributed by atoms with van der Waals surface area (Å²) in [6, 6.07) is 4.48. The van der Waals surface area contributed by atoms with Gasteiger partial charge in [-0.15, -0.1) is 5.10 Å². The van der Waals surface area contributed by atoms with Crippen LogP contribution >= 0.6 is 11.6 Å². The van der Waals surface area contributed by atoms with Gasteiger partial charge >= 0.3 is 6.18 Å². The molecular formula is C17H19ClF3N7O4. The predicted octanol–water partition coefficient (Wildman–Crippen LogP) is 0.815. The molecule has 0 unspecified atom stereocenters. The van der Waals surface area contributed by atoms with E-state index >= 15 is 0 Å². The van der Waals surface area contributed by atoms with Crippen LogP contribution in [0, 0.1) is 0 Å². The number of hydrogen-bond donors (Lipinski definition) is 3. The lowest BCUT2D eigenvalue weighted by molar-refractivity contribution is -0.138. The summed E-state index contributed by atoms with van der Waals surface area (Å²) < 4.78 is 48.9. The number of nitrogens with two attached hydrogens (primary N) is 2. The summed E-state index contributed by atoms with van der Waals surface area (Å²) in [7, 11) is 4.07. The fourth-order valence-electron chi connectivity index (χ4n) is 2.61. The minimum Gasteiger partial charge on any atom is -0.493 e. The first kappa shape index (κ1) is 24.7. The first-order valence-corrected chi connectivity index (χ1v) is 8.98. The van der Waals surface area contributed by atoms with Crippen molar-refractivity contribution in [2.24, 2.45) is 23.8 Å². The maximum Gasteiger partial charge on any atom is 0.407 e. The fraction of sp³-hybridized carbons (Fsp3) is 0.294. The zero-order chi connectivity index (χ0) is 24.2. The van der Waals surface area contributed by atoms with Gasteiger partial charge in [-0.25, -0.2) is 10.5 Å². The number of halogens is 4. The number of benzene rings is 1. The molecule has 15 heteroatoms. The summed E-state index contributed by atoms with van der Waals surface area (Å²) in [5.74, 6) is 9.07. The van der Waals surface area contributed by atoms with E-state index in [9.17, 15) is 22.8 Å². The van der Waals surface area contributed by atoms with Crippen molar-refractivity contribution in [2.75, 3.05) is 20.8 Å². The standard InChI is InChI=1S/C17H19ClF3N7O4/c1-27-15(30)11(8-4-5-9(31-2)10(6-8)32-3)12(18)13(26-27)14(29)24-16(25-22)28(23)7-17(19,20)21/h4-6H,7,22-23H2,1-3H3,(H,24,25,29). The molecule has 0 fully saturated rings. The van der Waals surface area contributed by atoms with Crippen molar-refractivity contribution in [2.45, 2.75) is 6.18 Å². The largest absolute Gasteiger partial charge is 0.493 e. The van der Waals surface area contributed by atoms with Crippen molar-refractivity contribution in [1.29, 1.82) is 0 Å². The zero-order valence-corrected chi connectivity index (χ0v) is 17.8. The molecule has 0 aliphatic heterocycles. The van der Waals surface area contributed by atoms with E-state index < -0.39 is 35.8 Å². The Balaban J connectivity index is 2.50. The van der Waals surface area contributed by atoms with Gasteiger partial charge in [0.2, 0.25) is 5.96 Å². The molecule has 1 amide bonds. The number of amides is 1. The van der Waals surface area contributed by atoms with E-state index in [1.54, 1.807) is 0 Å². The number of nitrogens with one attached hydrogen (secondary N) is 1. The summed E-state index contributed by atoms with van der Waals surface area (Å²) >= 11 is 6.29. The number of rotatable bonds is 5. The summed E-state index contributed by atoms with van der Waals surface area (Å²) in [5.41, 5.74) is -0.972. The highest BCUT2D eigenvalue weighted by molar-refractivity contribution is 6.36. The molecule has 5 N–H and O–H groups in total. The highest BCUT2D eigenvalue weighted by Crippen LogP contribution is 2.34. The molecule has 174 valence electrons. The van der Waals surface area contributed by atoms with Crippen LogP contribution in [0.25, 0.3) is 11.1 Å². The molecule has 11 nitrogen and oxygen atoms in total. The van der Waals surface area contributed by atoms with Gasteiger partial charge in [0.05, 0.1) is 24.8 Å². The number of hydrazine groups is 1.